The van der Waals surface area contributed by atoms with Gasteiger partial charge in [-0.3, -0.25) is 0 Å². The van der Waals surface area contributed by atoms with Gasteiger partial charge in [0, 0.05) is 12.1 Å². The van der Waals surface area contributed by atoms with Crippen molar-refractivity contribution in [3.8, 4) is 0 Å². The third-order valence-corrected chi connectivity index (χ3v) is 5.52. The molecular formula is C19H28FN. The molecule has 1 N–H and O–H groups in total. The SMILES string of the molecule is CC(C)(C)NCC1(Cc2cccc(F)c2)CC2CCC1C2. The molecule has 2 heteroatoms. The molecule has 0 spiro atoms. The molecule has 3 atom stereocenters. The standard InChI is InChI=1S/C19H28FN/c1-18(2,3)21-13-19(12-15-7-8-16(19)9-15)11-14-5-4-6-17(20)10-14/h4-6,10,15-16,21H,7-9,11-13H2,1-3H3. The van der Waals surface area contributed by atoms with Gasteiger partial charge in [0.15, 0.2) is 0 Å². The van der Waals surface area contributed by atoms with Gasteiger partial charge in [-0.05, 0) is 81.4 Å². The van der Waals surface area contributed by atoms with Crippen LogP contribution in [0.3, 0.4) is 0 Å². The summed E-state index contributed by atoms with van der Waals surface area (Å²) in [5.74, 6) is 1.63. The van der Waals surface area contributed by atoms with Gasteiger partial charge in [-0.2, -0.15) is 0 Å². The summed E-state index contributed by atoms with van der Waals surface area (Å²) in [4.78, 5) is 0. The molecule has 2 fully saturated rings. The molecule has 116 valence electrons. The van der Waals surface area contributed by atoms with Crippen LogP contribution in [0.25, 0.3) is 0 Å². The highest BCUT2D eigenvalue weighted by atomic mass is 19.1. The largest absolute Gasteiger partial charge is 0.311 e. The molecule has 1 nitrogen and oxygen atoms in total. The van der Waals surface area contributed by atoms with E-state index in [2.05, 4.69) is 32.2 Å². The zero-order valence-corrected chi connectivity index (χ0v) is 13.6. The van der Waals surface area contributed by atoms with Crippen molar-refractivity contribution in [2.75, 3.05) is 6.54 Å². The Morgan fingerprint density at radius 3 is 2.67 bits per heavy atom. The number of fused-ring (bicyclic) bond motifs is 2. The quantitative estimate of drug-likeness (QED) is 0.856. The van der Waals surface area contributed by atoms with Crippen LogP contribution in [0.2, 0.25) is 0 Å². The molecular weight excluding hydrogens is 261 g/mol. The van der Waals surface area contributed by atoms with E-state index >= 15 is 0 Å². The van der Waals surface area contributed by atoms with Gasteiger partial charge >= 0.3 is 0 Å². The molecule has 0 heterocycles. The normalized spacial score (nSPS) is 31.8. The van der Waals surface area contributed by atoms with Gasteiger partial charge in [0.1, 0.15) is 5.82 Å². The third-order valence-electron chi connectivity index (χ3n) is 5.52. The van der Waals surface area contributed by atoms with E-state index in [4.69, 9.17) is 0 Å². The Balaban J connectivity index is 1.80. The molecule has 2 saturated carbocycles. The molecule has 3 rings (SSSR count). The highest BCUT2D eigenvalue weighted by Gasteiger charge is 2.50. The predicted octanol–water partition coefficient (Wildman–Crippen LogP) is 4.56. The van der Waals surface area contributed by atoms with Crippen molar-refractivity contribution in [1.82, 2.24) is 5.32 Å². The van der Waals surface area contributed by atoms with Crippen LogP contribution < -0.4 is 5.32 Å². The number of benzene rings is 1. The van der Waals surface area contributed by atoms with Gasteiger partial charge in [-0.1, -0.05) is 18.6 Å². The minimum absolute atomic E-state index is 0.102. The molecule has 0 aromatic heterocycles. The van der Waals surface area contributed by atoms with Crippen LogP contribution in [-0.4, -0.2) is 12.1 Å². The highest BCUT2D eigenvalue weighted by Crippen LogP contribution is 2.57. The molecule has 0 radical (unpaired) electrons. The van der Waals surface area contributed by atoms with Gasteiger partial charge in [0.2, 0.25) is 0 Å². The molecule has 0 saturated heterocycles. The summed E-state index contributed by atoms with van der Waals surface area (Å²) < 4.78 is 13.5. The lowest BCUT2D eigenvalue weighted by Gasteiger charge is -2.40. The molecule has 2 aliphatic rings. The van der Waals surface area contributed by atoms with Crippen LogP contribution in [0.4, 0.5) is 4.39 Å². The van der Waals surface area contributed by atoms with Crippen molar-refractivity contribution in [1.29, 1.82) is 0 Å². The summed E-state index contributed by atoms with van der Waals surface area (Å²) in [6, 6.07) is 7.21. The second-order valence-electron chi connectivity index (χ2n) is 8.35. The molecule has 2 bridgehead atoms. The smallest absolute Gasteiger partial charge is 0.123 e. The number of hydrogen-bond acceptors (Lipinski definition) is 1. The van der Waals surface area contributed by atoms with Crippen LogP contribution >= 0.6 is 0 Å². The average Bonchev–Trinajstić information content (AvgIpc) is 2.96. The van der Waals surface area contributed by atoms with E-state index in [0.29, 0.717) is 5.41 Å². The summed E-state index contributed by atoms with van der Waals surface area (Å²) in [6.07, 6.45) is 6.50. The Kier molecular flexibility index (Phi) is 3.85. The minimum Gasteiger partial charge on any atom is -0.311 e. The lowest BCUT2D eigenvalue weighted by molar-refractivity contribution is 0.143. The van der Waals surface area contributed by atoms with Crippen molar-refractivity contribution in [3.63, 3.8) is 0 Å². The highest BCUT2D eigenvalue weighted by molar-refractivity contribution is 5.20. The topological polar surface area (TPSA) is 12.0 Å². The second kappa shape index (κ2) is 5.39. The van der Waals surface area contributed by atoms with Crippen molar-refractivity contribution in [2.45, 2.75) is 58.4 Å². The average molecular weight is 289 g/mol. The first kappa shape index (κ1) is 15.0. The maximum absolute atomic E-state index is 13.5. The van der Waals surface area contributed by atoms with E-state index < -0.39 is 0 Å². The first-order chi connectivity index (χ1) is 9.86. The van der Waals surface area contributed by atoms with E-state index in [-0.39, 0.29) is 11.4 Å². The summed E-state index contributed by atoms with van der Waals surface area (Å²) in [5, 5.41) is 3.73. The lowest BCUT2D eigenvalue weighted by Crippen LogP contribution is -2.47. The van der Waals surface area contributed by atoms with E-state index in [1.807, 2.05) is 6.07 Å². The Hall–Kier alpha value is -0.890. The van der Waals surface area contributed by atoms with Crippen LogP contribution in [0, 0.1) is 23.1 Å². The first-order valence-corrected chi connectivity index (χ1v) is 8.36. The molecule has 3 unspecified atom stereocenters. The van der Waals surface area contributed by atoms with Crippen LogP contribution in [0.1, 0.15) is 52.0 Å². The monoisotopic (exact) mass is 289 g/mol. The van der Waals surface area contributed by atoms with Gasteiger partial charge in [0.05, 0.1) is 0 Å². The minimum atomic E-state index is -0.102. The van der Waals surface area contributed by atoms with Crippen LogP contribution in [0.5, 0.6) is 0 Å². The Labute approximate surface area is 128 Å². The lowest BCUT2D eigenvalue weighted by atomic mass is 9.69. The van der Waals surface area contributed by atoms with Gasteiger partial charge in [-0.25, -0.2) is 4.39 Å². The number of rotatable bonds is 4. The summed E-state index contributed by atoms with van der Waals surface area (Å²) in [6.45, 7) is 7.76. The molecule has 0 amide bonds. The fraction of sp³-hybridized carbons (Fsp3) is 0.684. The fourth-order valence-electron chi connectivity index (χ4n) is 4.55. The predicted molar refractivity (Wildman–Crippen MR) is 85.7 cm³/mol. The van der Waals surface area contributed by atoms with E-state index in [9.17, 15) is 4.39 Å². The van der Waals surface area contributed by atoms with Crippen LogP contribution in [-0.2, 0) is 6.42 Å². The van der Waals surface area contributed by atoms with E-state index in [1.54, 1.807) is 12.1 Å². The Morgan fingerprint density at radius 1 is 1.29 bits per heavy atom. The van der Waals surface area contributed by atoms with Crippen molar-refractivity contribution in [3.05, 3.63) is 35.6 Å². The maximum atomic E-state index is 13.5. The van der Waals surface area contributed by atoms with Gasteiger partial charge in [0.25, 0.3) is 0 Å². The fourth-order valence-corrected chi connectivity index (χ4v) is 4.55. The molecule has 21 heavy (non-hydrogen) atoms. The second-order valence-corrected chi connectivity index (χ2v) is 8.35. The summed E-state index contributed by atoms with van der Waals surface area (Å²) >= 11 is 0. The van der Waals surface area contributed by atoms with Crippen molar-refractivity contribution in [2.24, 2.45) is 17.3 Å². The molecule has 0 aliphatic heterocycles. The maximum Gasteiger partial charge on any atom is 0.123 e. The van der Waals surface area contributed by atoms with Gasteiger partial charge in [-0.15, -0.1) is 0 Å². The molecule has 2 aliphatic carbocycles. The number of nitrogens with one attached hydrogen (secondary N) is 1. The molecule has 1 aromatic carbocycles. The van der Waals surface area contributed by atoms with Crippen molar-refractivity contribution >= 4 is 0 Å². The first-order valence-electron chi connectivity index (χ1n) is 8.36. The summed E-state index contributed by atoms with van der Waals surface area (Å²) in [5.41, 5.74) is 1.65. The zero-order chi connectivity index (χ0) is 15.1. The summed E-state index contributed by atoms with van der Waals surface area (Å²) in [7, 11) is 0. The molecule has 1 aromatic rings. The van der Waals surface area contributed by atoms with Crippen molar-refractivity contribution < 1.29 is 4.39 Å². The van der Waals surface area contributed by atoms with E-state index in [0.717, 1.165) is 24.8 Å². The Bertz CT molecular complexity index is 505. The third kappa shape index (κ3) is 3.31. The number of halogens is 1. The number of hydrogen-bond donors (Lipinski definition) is 1. The van der Waals surface area contributed by atoms with Crippen LogP contribution in [0.15, 0.2) is 24.3 Å². The van der Waals surface area contributed by atoms with E-state index in [1.165, 1.54) is 31.2 Å². The van der Waals surface area contributed by atoms with Gasteiger partial charge < -0.3 is 5.32 Å². The zero-order valence-electron chi connectivity index (χ0n) is 13.6. The Morgan fingerprint density at radius 2 is 2.10 bits per heavy atom.